The van der Waals surface area contributed by atoms with Gasteiger partial charge in [-0.15, -0.1) is 0 Å². The Morgan fingerprint density at radius 2 is 2.14 bits per heavy atom. The molecule has 0 saturated heterocycles. The minimum Gasteiger partial charge on any atom is -0.319 e. The zero-order valence-electron chi connectivity index (χ0n) is 14.2. The zero-order chi connectivity index (χ0) is 16.1. The molecule has 0 amide bonds. The van der Waals surface area contributed by atoms with Gasteiger partial charge in [-0.25, -0.2) is 4.39 Å². The van der Waals surface area contributed by atoms with E-state index >= 15 is 0 Å². The van der Waals surface area contributed by atoms with Crippen LogP contribution < -0.4 is 16.0 Å². The van der Waals surface area contributed by atoms with Crippen LogP contribution in [0.5, 0.6) is 0 Å². The first-order chi connectivity index (χ1) is 10.6. The number of hydrogen-bond donors (Lipinski definition) is 3. The van der Waals surface area contributed by atoms with Crippen LogP contribution in [0.2, 0.25) is 0 Å². The minimum absolute atomic E-state index is 0.0964. The van der Waals surface area contributed by atoms with E-state index in [4.69, 9.17) is 0 Å². The highest BCUT2D eigenvalue weighted by Gasteiger charge is 2.53. The van der Waals surface area contributed by atoms with E-state index in [9.17, 15) is 9.18 Å². The van der Waals surface area contributed by atoms with Crippen molar-refractivity contribution < 1.29 is 9.18 Å². The predicted octanol–water partition coefficient (Wildman–Crippen LogP) is 1.36. The number of hydrogen-bond acceptors (Lipinski definition) is 4. The lowest BCUT2D eigenvalue weighted by molar-refractivity contribution is -0.123. The van der Waals surface area contributed by atoms with Crippen LogP contribution in [0.3, 0.4) is 0 Å². The Morgan fingerprint density at radius 3 is 2.77 bits per heavy atom. The number of nitrogens with one attached hydrogen (secondary N) is 3. The lowest BCUT2D eigenvalue weighted by Crippen LogP contribution is -2.49. The van der Waals surface area contributed by atoms with Gasteiger partial charge in [0.15, 0.2) is 0 Å². The molecule has 0 spiro atoms. The van der Waals surface area contributed by atoms with Crippen molar-refractivity contribution in [2.45, 2.75) is 45.3 Å². The quantitative estimate of drug-likeness (QED) is 0.533. The molecule has 3 N–H and O–H groups in total. The van der Waals surface area contributed by atoms with E-state index in [1.807, 2.05) is 14.0 Å². The smallest absolute Gasteiger partial charge is 0.134 e. The maximum absolute atomic E-state index is 14.0. The maximum Gasteiger partial charge on any atom is 0.134 e. The second-order valence-electron chi connectivity index (χ2n) is 7.02. The van der Waals surface area contributed by atoms with Gasteiger partial charge in [0.05, 0.1) is 0 Å². The van der Waals surface area contributed by atoms with Crippen molar-refractivity contribution in [2.75, 3.05) is 33.2 Å². The molecular formula is C17H32FN3O. The molecular weight excluding hydrogens is 281 g/mol. The summed E-state index contributed by atoms with van der Waals surface area (Å²) in [5.41, 5.74) is 0. The van der Waals surface area contributed by atoms with E-state index < -0.39 is 6.17 Å². The third-order valence-electron chi connectivity index (χ3n) is 5.54. The van der Waals surface area contributed by atoms with Gasteiger partial charge in [-0.3, -0.25) is 4.79 Å². The number of rotatable bonds is 10. The van der Waals surface area contributed by atoms with Crippen molar-refractivity contribution in [1.29, 1.82) is 0 Å². The van der Waals surface area contributed by atoms with Gasteiger partial charge in [-0.05, 0) is 70.6 Å². The summed E-state index contributed by atoms with van der Waals surface area (Å²) in [5, 5.41) is 9.83. The second kappa shape index (κ2) is 8.37. The first kappa shape index (κ1) is 17.8. The largest absolute Gasteiger partial charge is 0.319 e. The number of fused-ring (bicyclic) bond motifs is 2. The summed E-state index contributed by atoms with van der Waals surface area (Å²) in [4.78, 5) is 12.0. The van der Waals surface area contributed by atoms with Crippen molar-refractivity contribution in [3.63, 3.8) is 0 Å². The Bertz CT molecular complexity index is 366. The molecule has 6 atom stereocenters. The predicted molar refractivity (Wildman–Crippen MR) is 87.6 cm³/mol. The van der Waals surface area contributed by atoms with Gasteiger partial charge in [0, 0.05) is 18.5 Å². The van der Waals surface area contributed by atoms with Gasteiger partial charge in [0.25, 0.3) is 0 Å². The number of Topliss-reactive ketones (excluding diaryl/α,β-unsaturated/α-hetero) is 1. The second-order valence-corrected chi connectivity index (χ2v) is 7.02. The van der Waals surface area contributed by atoms with Crippen LogP contribution in [0.25, 0.3) is 0 Å². The van der Waals surface area contributed by atoms with Gasteiger partial charge < -0.3 is 16.0 Å². The van der Waals surface area contributed by atoms with Crippen LogP contribution in [-0.2, 0) is 4.79 Å². The molecule has 2 aliphatic carbocycles. The average molecular weight is 313 g/mol. The summed E-state index contributed by atoms with van der Waals surface area (Å²) in [6.45, 7) is 6.70. The molecule has 0 aromatic rings. The molecule has 22 heavy (non-hydrogen) atoms. The molecule has 4 nitrogen and oxygen atoms in total. The fourth-order valence-corrected chi connectivity index (χ4v) is 4.66. The maximum atomic E-state index is 14.0. The van der Waals surface area contributed by atoms with Crippen LogP contribution in [-0.4, -0.2) is 51.2 Å². The number of ketones is 1. The Balaban J connectivity index is 1.87. The number of halogens is 1. The molecule has 0 radical (unpaired) electrons. The SMILES string of the molecule is CCNCCC(F)CNC1C2CC(CC2CNC)C1C(C)=O. The Kier molecular flexibility index (Phi) is 6.78. The van der Waals surface area contributed by atoms with Crippen molar-refractivity contribution in [2.24, 2.45) is 23.7 Å². The van der Waals surface area contributed by atoms with Gasteiger partial charge >= 0.3 is 0 Å². The number of carbonyl (C=O) groups is 1. The average Bonchev–Trinajstić information content (AvgIpc) is 3.03. The Labute approximate surface area is 134 Å². The van der Waals surface area contributed by atoms with Crippen molar-refractivity contribution in [1.82, 2.24) is 16.0 Å². The molecule has 2 aliphatic rings. The van der Waals surface area contributed by atoms with Gasteiger partial charge in [0.2, 0.25) is 0 Å². The Hall–Kier alpha value is -0.520. The van der Waals surface area contributed by atoms with Gasteiger partial charge in [-0.2, -0.15) is 0 Å². The summed E-state index contributed by atoms with van der Waals surface area (Å²) in [6, 6.07) is 0.173. The van der Waals surface area contributed by atoms with Gasteiger partial charge in [-0.1, -0.05) is 6.92 Å². The van der Waals surface area contributed by atoms with E-state index in [-0.39, 0.29) is 17.7 Å². The third-order valence-corrected chi connectivity index (χ3v) is 5.54. The van der Waals surface area contributed by atoms with Gasteiger partial charge in [0.1, 0.15) is 12.0 Å². The monoisotopic (exact) mass is 313 g/mol. The zero-order valence-corrected chi connectivity index (χ0v) is 14.2. The van der Waals surface area contributed by atoms with Crippen LogP contribution in [0, 0.1) is 23.7 Å². The summed E-state index contributed by atoms with van der Waals surface area (Å²) >= 11 is 0. The standard InChI is InChI=1S/C17H32FN3O/c1-4-20-6-5-14(18)10-21-17-15-8-12(16(17)11(2)22)7-13(15)9-19-3/h12-17,19-21H,4-10H2,1-3H3. The molecule has 0 aliphatic heterocycles. The van der Waals surface area contributed by atoms with Crippen molar-refractivity contribution >= 4 is 5.78 Å². The molecule has 2 rings (SSSR count). The first-order valence-corrected chi connectivity index (χ1v) is 8.81. The fourth-order valence-electron chi connectivity index (χ4n) is 4.66. The Morgan fingerprint density at radius 1 is 1.36 bits per heavy atom. The third kappa shape index (κ3) is 4.06. The van der Waals surface area contributed by atoms with Crippen LogP contribution in [0.1, 0.15) is 33.1 Å². The highest BCUT2D eigenvalue weighted by atomic mass is 19.1. The van der Waals surface area contributed by atoms with Crippen LogP contribution in [0.15, 0.2) is 0 Å². The van der Waals surface area contributed by atoms with Crippen molar-refractivity contribution in [3.8, 4) is 0 Å². The molecule has 0 heterocycles. The summed E-state index contributed by atoms with van der Waals surface area (Å²) in [7, 11) is 1.98. The molecule has 2 bridgehead atoms. The molecule has 6 unspecified atom stereocenters. The number of alkyl halides is 1. The van der Waals surface area contributed by atoms with Crippen LogP contribution >= 0.6 is 0 Å². The van der Waals surface area contributed by atoms with Crippen LogP contribution in [0.4, 0.5) is 4.39 Å². The fraction of sp³-hybridized carbons (Fsp3) is 0.941. The van der Waals surface area contributed by atoms with E-state index in [1.54, 1.807) is 6.92 Å². The first-order valence-electron chi connectivity index (χ1n) is 8.81. The lowest BCUT2D eigenvalue weighted by Gasteiger charge is -2.35. The highest BCUT2D eigenvalue weighted by Crippen LogP contribution is 2.51. The molecule has 2 fully saturated rings. The van der Waals surface area contributed by atoms with E-state index in [0.717, 1.165) is 25.9 Å². The lowest BCUT2D eigenvalue weighted by atomic mass is 9.76. The topological polar surface area (TPSA) is 53.2 Å². The summed E-state index contributed by atoms with van der Waals surface area (Å²) in [6.07, 6.45) is 1.97. The van der Waals surface area contributed by atoms with E-state index in [1.165, 1.54) is 0 Å². The van der Waals surface area contributed by atoms with E-state index in [2.05, 4.69) is 16.0 Å². The molecule has 0 aromatic carbocycles. The van der Waals surface area contributed by atoms with E-state index in [0.29, 0.717) is 37.3 Å². The normalized spacial score (nSPS) is 35.0. The molecule has 5 heteroatoms. The van der Waals surface area contributed by atoms with Crippen molar-refractivity contribution in [3.05, 3.63) is 0 Å². The molecule has 2 saturated carbocycles. The highest BCUT2D eigenvalue weighted by molar-refractivity contribution is 5.80. The molecule has 128 valence electrons. The summed E-state index contributed by atoms with van der Waals surface area (Å²) < 4.78 is 14.0. The minimum atomic E-state index is -0.839. The summed E-state index contributed by atoms with van der Waals surface area (Å²) in [5.74, 6) is 2.02. The molecule has 0 aromatic heterocycles. The number of carbonyl (C=O) groups excluding carboxylic acids is 1.